The first-order valence-corrected chi connectivity index (χ1v) is 7.69. The van der Waals surface area contributed by atoms with Gasteiger partial charge in [-0.15, -0.1) is 0 Å². The van der Waals surface area contributed by atoms with Crippen molar-refractivity contribution in [1.82, 2.24) is 9.80 Å². The summed E-state index contributed by atoms with van der Waals surface area (Å²) in [7, 11) is 4.01. The number of hydrogen-bond donors (Lipinski definition) is 0. The minimum Gasteiger partial charge on any atom is -0.447 e. The van der Waals surface area contributed by atoms with E-state index < -0.39 is 5.60 Å². The number of hydrogen-bond acceptors (Lipinski definition) is 4. The Morgan fingerprint density at radius 3 is 3.14 bits per heavy atom. The lowest BCUT2D eigenvalue weighted by Crippen LogP contribution is -2.76. The number of piperidine rings is 1. The van der Waals surface area contributed by atoms with Crippen LogP contribution in [0.1, 0.15) is 19.3 Å². The third-order valence-electron chi connectivity index (χ3n) is 5.02. The molecule has 0 aromatic heterocycles. The van der Waals surface area contributed by atoms with Gasteiger partial charge in [-0.05, 0) is 39.6 Å². The maximum Gasteiger partial charge on any atom is 0.332 e. The van der Waals surface area contributed by atoms with E-state index in [-0.39, 0.29) is 12.0 Å². The largest absolute Gasteiger partial charge is 0.447 e. The SMILES string of the molecule is CN(C)CC#CC1=C[C@H]2N3CCCC[C@@H]3C23OC(=O)C=C13. The summed E-state index contributed by atoms with van der Waals surface area (Å²) in [6.45, 7) is 1.83. The second-order valence-electron chi connectivity index (χ2n) is 6.59. The van der Waals surface area contributed by atoms with Crippen LogP contribution >= 0.6 is 0 Å². The minimum absolute atomic E-state index is 0.194. The number of fused-ring (bicyclic) bond motifs is 2. The normalized spacial score (nSPS) is 36.6. The second-order valence-corrected chi connectivity index (χ2v) is 6.59. The predicted molar refractivity (Wildman–Crippen MR) is 79.5 cm³/mol. The van der Waals surface area contributed by atoms with Crippen LogP contribution in [0.4, 0.5) is 0 Å². The van der Waals surface area contributed by atoms with Crippen molar-refractivity contribution in [2.75, 3.05) is 27.2 Å². The molecule has 0 bridgehead atoms. The Labute approximate surface area is 125 Å². The van der Waals surface area contributed by atoms with Gasteiger partial charge in [0.25, 0.3) is 0 Å². The summed E-state index contributed by atoms with van der Waals surface area (Å²) in [6.07, 6.45) is 7.46. The second kappa shape index (κ2) is 4.46. The first kappa shape index (κ1) is 13.1. The van der Waals surface area contributed by atoms with Crippen molar-refractivity contribution >= 4 is 5.97 Å². The summed E-state index contributed by atoms with van der Waals surface area (Å²) in [5, 5.41) is 0. The average molecular weight is 284 g/mol. The summed E-state index contributed by atoms with van der Waals surface area (Å²) in [4.78, 5) is 16.4. The zero-order chi connectivity index (χ0) is 14.6. The van der Waals surface area contributed by atoms with Crippen LogP contribution in [0.3, 0.4) is 0 Å². The molecule has 3 aliphatic heterocycles. The number of carbonyl (C=O) groups excluding carboxylic acids is 1. The lowest BCUT2D eigenvalue weighted by Gasteiger charge is -2.60. The Hall–Kier alpha value is -1.57. The highest BCUT2D eigenvalue weighted by Gasteiger charge is 2.69. The minimum atomic E-state index is -0.403. The molecule has 4 rings (SSSR count). The van der Waals surface area contributed by atoms with Gasteiger partial charge in [0.05, 0.1) is 18.6 Å². The van der Waals surface area contributed by atoms with Gasteiger partial charge in [0.1, 0.15) is 0 Å². The van der Waals surface area contributed by atoms with Crippen molar-refractivity contribution in [3.8, 4) is 11.8 Å². The van der Waals surface area contributed by atoms with Crippen molar-refractivity contribution in [2.45, 2.75) is 36.9 Å². The van der Waals surface area contributed by atoms with Crippen molar-refractivity contribution < 1.29 is 9.53 Å². The van der Waals surface area contributed by atoms with Crippen LogP contribution in [0.5, 0.6) is 0 Å². The van der Waals surface area contributed by atoms with E-state index >= 15 is 0 Å². The van der Waals surface area contributed by atoms with E-state index in [2.05, 4.69) is 22.8 Å². The van der Waals surface area contributed by atoms with Crippen LogP contribution in [-0.4, -0.2) is 60.6 Å². The van der Waals surface area contributed by atoms with Crippen molar-refractivity contribution in [1.29, 1.82) is 0 Å². The molecule has 110 valence electrons. The van der Waals surface area contributed by atoms with Crippen LogP contribution in [0.25, 0.3) is 0 Å². The maximum atomic E-state index is 11.8. The lowest BCUT2D eigenvalue weighted by atomic mass is 9.70. The fraction of sp³-hybridized carbons (Fsp3) is 0.588. The molecule has 2 saturated heterocycles. The number of esters is 1. The molecule has 1 aliphatic carbocycles. The zero-order valence-corrected chi connectivity index (χ0v) is 12.6. The van der Waals surface area contributed by atoms with Crippen molar-refractivity contribution in [3.63, 3.8) is 0 Å². The number of ether oxygens (including phenoxy) is 1. The lowest BCUT2D eigenvalue weighted by molar-refractivity contribution is -0.194. The fourth-order valence-corrected chi connectivity index (χ4v) is 4.21. The summed E-state index contributed by atoms with van der Waals surface area (Å²) < 4.78 is 5.80. The van der Waals surface area contributed by atoms with Gasteiger partial charge in [0.2, 0.25) is 0 Å². The highest BCUT2D eigenvalue weighted by Crippen LogP contribution is 2.57. The molecule has 3 heterocycles. The highest BCUT2D eigenvalue weighted by atomic mass is 16.6. The van der Waals surface area contributed by atoms with Gasteiger partial charge in [-0.3, -0.25) is 9.80 Å². The topological polar surface area (TPSA) is 32.8 Å². The highest BCUT2D eigenvalue weighted by molar-refractivity contribution is 5.91. The Morgan fingerprint density at radius 2 is 2.33 bits per heavy atom. The standard InChI is InChI=1S/C17H20N2O2/c1-18(2)8-5-6-12-10-15-17(13(12)11-16(20)21-17)14-7-3-4-9-19(14)15/h10-11,14-15H,3-4,7-9H2,1-2H3/t14-,15-,17?/m1/s1. The molecule has 0 aromatic rings. The number of carbonyl (C=O) groups is 1. The van der Waals surface area contributed by atoms with Crippen molar-refractivity contribution in [2.24, 2.45) is 0 Å². The Bertz CT molecular complexity index is 622. The molecule has 0 radical (unpaired) electrons. The fourth-order valence-electron chi connectivity index (χ4n) is 4.21. The summed E-state index contributed by atoms with van der Waals surface area (Å²) >= 11 is 0. The predicted octanol–water partition coefficient (Wildman–Crippen LogP) is 0.950. The molecule has 4 aliphatic rings. The Morgan fingerprint density at radius 1 is 1.48 bits per heavy atom. The first-order chi connectivity index (χ1) is 10.1. The molecule has 4 nitrogen and oxygen atoms in total. The molecule has 1 unspecified atom stereocenters. The van der Waals surface area contributed by atoms with Gasteiger partial charge >= 0.3 is 5.97 Å². The van der Waals surface area contributed by atoms with E-state index in [4.69, 9.17) is 4.74 Å². The van der Waals surface area contributed by atoms with E-state index in [1.54, 1.807) is 6.08 Å². The summed E-state index contributed by atoms with van der Waals surface area (Å²) in [6, 6.07) is 0.572. The monoisotopic (exact) mass is 284 g/mol. The van der Waals surface area contributed by atoms with Gasteiger partial charge in [0, 0.05) is 17.2 Å². The van der Waals surface area contributed by atoms with Gasteiger partial charge in [-0.2, -0.15) is 0 Å². The van der Waals surface area contributed by atoms with Crippen LogP contribution in [-0.2, 0) is 9.53 Å². The van der Waals surface area contributed by atoms with Crippen LogP contribution in [0, 0.1) is 11.8 Å². The molecule has 2 fully saturated rings. The van der Waals surface area contributed by atoms with Crippen LogP contribution < -0.4 is 0 Å². The van der Waals surface area contributed by atoms with E-state index in [0.717, 1.165) is 30.7 Å². The van der Waals surface area contributed by atoms with Gasteiger partial charge in [-0.25, -0.2) is 4.79 Å². The third kappa shape index (κ3) is 1.68. The molecule has 4 heteroatoms. The van der Waals surface area contributed by atoms with Crippen molar-refractivity contribution in [3.05, 3.63) is 23.3 Å². The third-order valence-corrected chi connectivity index (χ3v) is 5.02. The Kier molecular flexibility index (Phi) is 2.79. The number of rotatable bonds is 1. The van der Waals surface area contributed by atoms with E-state index in [9.17, 15) is 4.79 Å². The summed E-state index contributed by atoms with van der Waals surface area (Å²) in [5.74, 6) is 6.24. The zero-order valence-electron chi connectivity index (χ0n) is 12.6. The number of nitrogens with zero attached hydrogens (tertiary/aromatic N) is 2. The molecule has 1 spiro atoms. The van der Waals surface area contributed by atoms with E-state index in [0.29, 0.717) is 6.04 Å². The summed E-state index contributed by atoms with van der Waals surface area (Å²) in [5.41, 5.74) is 1.63. The van der Waals surface area contributed by atoms with Gasteiger partial charge in [-0.1, -0.05) is 18.3 Å². The maximum absolute atomic E-state index is 11.8. The van der Waals surface area contributed by atoms with Gasteiger partial charge in [0.15, 0.2) is 5.60 Å². The smallest absolute Gasteiger partial charge is 0.332 e. The van der Waals surface area contributed by atoms with Crippen LogP contribution in [0.2, 0.25) is 0 Å². The van der Waals surface area contributed by atoms with E-state index in [1.807, 2.05) is 19.0 Å². The Balaban J connectivity index is 1.67. The van der Waals surface area contributed by atoms with Gasteiger partial charge < -0.3 is 4.74 Å². The molecule has 3 atom stereocenters. The first-order valence-electron chi connectivity index (χ1n) is 7.69. The molecule has 0 saturated carbocycles. The molecule has 0 aromatic carbocycles. The molecule has 21 heavy (non-hydrogen) atoms. The van der Waals surface area contributed by atoms with E-state index in [1.165, 1.54) is 12.8 Å². The molecular weight excluding hydrogens is 264 g/mol. The van der Waals surface area contributed by atoms with Crippen LogP contribution in [0.15, 0.2) is 23.3 Å². The molecule has 0 amide bonds. The molecular formula is C17H20N2O2. The average Bonchev–Trinajstić information content (AvgIpc) is 2.92. The quantitative estimate of drug-likeness (QED) is 0.530. The molecule has 0 N–H and O–H groups in total.